The summed E-state index contributed by atoms with van der Waals surface area (Å²) >= 11 is 1.23. The number of fused-ring (bicyclic) bond motifs is 3. The second-order valence-corrected chi connectivity index (χ2v) is 12.6. The third-order valence-corrected chi connectivity index (χ3v) is 9.76. The monoisotopic (exact) mass is 649 g/mol. The molecule has 0 unspecified atom stereocenters. The molecule has 7 aromatic carbocycles. The summed E-state index contributed by atoms with van der Waals surface area (Å²) in [7, 11) is 0. The van der Waals surface area contributed by atoms with Crippen molar-refractivity contribution in [1.82, 2.24) is 15.0 Å². The van der Waals surface area contributed by atoms with Gasteiger partial charge in [-0.05, 0) is 39.4 Å². The first-order valence-corrected chi connectivity index (χ1v) is 16.7. The molecule has 0 saturated heterocycles. The maximum atomic E-state index is 9.26. The zero-order valence-electron chi connectivity index (χ0n) is 32.0. The Labute approximate surface area is 297 Å². The van der Waals surface area contributed by atoms with Gasteiger partial charge in [0.2, 0.25) is 0 Å². The quantitative estimate of drug-likeness (QED) is 0.180. The molecule has 3 nitrogen and oxygen atoms in total. The van der Waals surface area contributed by atoms with E-state index in [1.54, 1.807) is 0 Å². The molecule has 0 spiro atoms. The van der Waals surface area contributed by atoms with E-state index in [1.807, 2.05) is 140 Å². The van der Waals surface area contributed by atoms with Gasteiger partial charge in [0.1, 0.15) is 0 Å². The van der Waals surface area contributed by atoms with Crippen molar-refractivity contribution in [3.63, 3.8) is 0 Å². The van der Waals surface area contributed by atoms with Crippen molar-refractivity contribution in [2.45, 2.75) is 0 Å². The first kappa shape index (κ1) is 23.2. The topological polar surface area (TPSA) is 38.7 Å². The van der Waals surface area contributed by atoms with E-state index < -0.39 is 0 Å². The number of hydrogen-bond donors (Lipinski definition) is 0. The molecule has 0 radical (unpaired) electrons. The van der Waals surface area contributed by atoms with Crippen LogP contribution in [0, 0.1) is 0 Å². The van der Waals surface area contributed by atoms with Gasteiger partial charge >= 0.3 is 0 Å². The summed E-state index contributed by atoms with van der Waals surface area (Å²) in [5.41, 5.74) is 7.07. The average Bonchev–Trinajstić information content (AvgIpc) is 3.63. The van der Waals surface area contributed by atoms with Crippen molar-refractivity contribution in [2.24, 2.45) is 0 Å². The average molecular weight is 650 g/mol. The van der Waals surface area contributed by atoms with Crippen molar-refractivity contribution >= 4 is 31.5 Å². The fraction of sp³-hybridized carbons (Fsp3) is 0. The number of nitrogens with zero attached hydrogens (tertiary/aromatic N) is 3. The Kier molecular flexibility index (Phi) is 5.87. The van der Waals surface area contributed by atoms with Crippen LogP contribution in [0.5, 0.6) is 0 Å². The second-order valence-electron chi connectivity index (χ2n) is 11.6. The molecule has 0 fully saturated rings. The Morgan fingerprint density at radius 2 is 0.714 bits per heavy atom. The zero-order chi connectivity index (χ0) is 37.8. The zero-order valence-corrected chi connectivity index (χ0v) is 26.8. The maximum absolute atomic E-state index is 9.26. The standard InChI is InChI=1S/C45H29N3S/c1-4-12-30(13-5-1)32-22-26-35(27-23-32)43-46-44(36-28-24-33(25-29-36)31-14-6-2-7-15-31)48-45(47-43)40-21-11-20-39-38-19-10-18-37(41(38)49-42(39)40)34-16-8-3-9-17-34/h1-29H/i10D,11D,18D,19D,20D,21D. The second kappa shape index (κ2) is 12.4. The van der Waals surface area contributed by atoms with E-state index in [0.717, 1.165) is 33.4 Å². The van der Waals surface area contributed by atoms with Crippen LogP contribution >= 0.6 is 11.3 Å². The van der Waals surface area contributed by atoms with Crippen molar-refractivity contribution in [3.8, 4) is 67.5 Å². The molecule has 0 amide bonds. The van der Waals surface area contributed by atoms with E-state index >= 15 is 0 Å². The van der Waals surface area contributed by atoms with E-state index in [-0.39, 0.29) is 53.0 Å². The minimum Gasteiger partial charge on any atom is -0.208 e. The summed E-state index contributed by atoms with van der Waals surface area (Å²) in [5, 5.41) is 0.580. The predicted molar refractivity (Wildman–Crippen MR) is 205 cm³/mol. The van der Waals surface area contributed by atoms with Crippen molar-refractivity contribution in [1.29, 1.82) is 0 Å². The van der Waals surface area contributed by atoms with E-state index in [0.29, 0.717) is 37.6 Å². The van der Waals surface area contributed by atoms with Crippen LogP contribution < -0.4 is 0 Å². The lowest BCUT2D eigenvalue weighted by Crippen LogP contribution is -2.00. The number of aromatic nitrogens is 3. The molecule has 0 N–H and O–H groups in total. The van der Waals surface area contributed by atoms with Gasteiger partial charge in [-0.1, -0.05) is 170 Å². The van der Waals surface area contributed by atoms with Crippen LogP contribution in [0.2, 0.25) is 0 Å². The van der Waals surface area contributed by atoms with Crippen LogP contribution in [-0.4, -0.2) is 15.0 Å². The summed E-state index contributed by atoms with van der Waals surface area (Å²) in [6.07, 6.45) is 0. The molecule has 0 saturated carbocycles. The molecule has 0 aliphatic rings. The largest absolute Gasteiger partial charge is 0.208 e. The summed E-state index contributed by atoms with van der Waals surface area (Å²) in [5.74, 6) is 0.893. The highest BCUT2D eigenvalue weighted by atomic mass is 32.1. The summed E-state index contributed by atoms with van der Waals surface area (Å²) in [6, 6.07) is 43.9. The number of hydrogen-bond acceptors (Lipinski definition) is 4. The van der Waals surface area contributed by atoms with Gasteiger partial charge in [-0.3, -0.25) is 0 Å². The molecule has 2 heterocycles. The van der Waals surface area contributed by atoms with E-state index in [1.165, 1.54) is 11.3 Å². The Bertz CT molecular complexity index is 2800. The fourth-order valence-corrected chi connectivity index (χ4v) is 7.27. The maximum Gasteiger partial charge on any atom is 0.165 e. The van der Waals surface area contributed by atoms with E-state index in [2.05, 4.69) is 0 Å². The Morgan fingerprint density at radius 1 is 0.347 bits per heavy atom. The molecule has 0 bridgehead atoms. The molecule has 0 atom stereocenters. The molecular weight excluding hydrogens is 615 g/mol. The van der Waals surface area contributed by atoms with Crippen LogP contribution in [0.15, 0.2) is 176 Å². The normalized spacial score (nSPS) is 13.0. The van der Waals surface area contributed by atoms with Crippen molar-refractivity contribution in [2.75, 3.05) is 0 Å². The summed E-state index contributed by atoms with van der Waals surface area (Å²) < 4.78 is 55.0. The van der Waals surface area contributed by atoms with Gasteiger partial charge in [0.05, 0.1) is 8.22 Å². The lowest BCUT2D eigenvalue weighted by atomic mass is 10.0. The minimum absolute atomic E-state index is 0.0943. The van der Waals surface area contributed by atoms with E-state index in [4.69, 9.17) is 21.8 Å². The van der Waals surface area contributed by atoms with Gasteiger partial charge in [0.15, 0.2) is 17.5 Å². The first-order valence-electron chi connectivity index (χ1n) is 18.9. The van der Waals surface area contributed by atoms with Gasteiger partial charge in [0.25, 0.3) is 0 Å². The lowest BCUT2D eigenvalue weighted by molar-refractivity contribution is 1.08. The van der Waals surface area contributed by atoms with Gasteiger partial charge in [0, 0.05) is 36.9 Å². The highest BCUT2D eigenvalue weighted by Gasteiger charge is 2.18. The number of rotatable bonds is 6. The minimum atomic E-state index is -0.340. The van der Waals surface area contributed by atoms with Gasteiger partial charge in [-0.2, -0.15) is 0 Å². The fourth-order valence-electron chi connectivity index (χ4n) is 6.04. The lowest BCUT2D eigenvalue weighted by Gasteiger charge is -2.10. The summed E-state index contributed by atoms with van der Waals surface area (Å²) in [6.45, 7) is 0. The molecule has 0 aliphatic heterocycles. The Hall–Kier alpha value is -6.23. The van der Waals surface area contributed by atoms with Crippen molar-refractivity contribution < 1.29 is 8.22 Å². The van der Waals surface area contributed by atoms with E-state index in [9.17, 15) is 1.37 Å². The molecule has 9 aromatic rings. The molecular formula is C45H29N3S. The third-order valence-electron chi connectivity index (χ3n) is 8.53. The number of benzene rings is 7. The molecule has 4 heteroatoms. The van der Waals surface area contributed by atoms with Crippen LogP contribution in [0.4, 0.5) is 0 Å². The molecule has 9 rings (SSSR count). The number of thiophene rings is 1. The van der Waals surface area contributed by atoms with Gasteiger partial charge < -0.3 is 0 Å². The highest BCUT2D eigenvalue weighted by molar-refractivity contribution is 7.26. The SMILES string of the molecule is [2H]c1c([2H])c([2H])c2c(sc3c(-c4nc(-c5ccc(-c6ccccc6)cc5)nc(-c5ccc(-c6ccccc6)cc5)n4)c([2H])c([2H])c([2H])c32)c1-c1ccccc1. The smallest absolute Gasteiger partial charge is 0.165 e. The Balaban J connectivity index is 1.30. The Morgan fingerprint density at radius 3 is 1.20 bits per heavy atom. The highest BCUT2D eigenvalue weighted by Crippen LogP contribution is 2.43. The molecule has 230 valence electrons. The van der Waals surface area contributed by atoms with Crippen molar-refractivity contribution in [3.05, 3.63) is 176 Å². The van der Waals surface area contributed by atoms with Crippen LogP contribution in [-0.2, 0) is 0 Å². The van der Waals surface area contributed by atoms with Gasteiger partial charge in [-0.15, -0.1) is 11.3 Å². The molecule has 2 aromatic heterocycles. The molecule has 49 heavy (non-hydrogen) atoms. The van der Waals surface area contributed by atoms with Crippen LogP contribution in [0.25, 0.3) is 87.7 Å². The first-order chi connectivity index (χ1) is 26.8. The van der Waals surface area contributed by atoms with Gasteiger partial charge in [-0.25, -0.2) is 15.0 Å². The summed E-state index contributed by atoms with van der Waals surface area (Å²) in [4.78, 5) is 14.9. The third kappa shape index (κ3) is 5.48. The molecule has 0 aliphatic carbocycles. The van der Waals surface area contributed by atoms with Crippen LogP contribution in [0.3, 0.4) is 0 Å². The van der Waals surface area contributed by atoms with Crippen LogP contribution in [0.1, 0.15) is 8.22 Å². The predicted octanol–water partition coefficient (Wildman–Crippen LogP) is 12.2.